The summed E-state index contributed by atoms with van der Waals surface area (Å²) in [4.78, 5) is 34.6. The van der Waals surface area contributed by atoms with Crippen LogP contribution in [0.1, 0.15) is 11.3 Å². The topological polar surface area (TPSA) is 91.2 Å². The van der Waals surface area contributed by atoms with Gasteiger partial charge in [0.2, 0.25) is 0 Å². The second-order valence-electron chi connectivity index (χ2n) is 7.11. The van der Waals surface area contributed by atoms with Crippen LogP contribution in [0.25, 0.3) is 17.1 Å². The first-order chi connectivity index (χ1) is 15.5. The highest BCUT2D eigenvalue weighted by Crippen LogP contribution is 2.30. The summed E-state index contributed by atoms with van der Waals surface area (Å²) in [5.74, 6) is -0.696. The van der Waals surface area contributed by atoms with Gasteiger partial charge in [-0.05, 0) is 78.9 Å². The van der Waals surface area contributed by atoms with Gasteiger partial charge in [-0.1, -0.05) is 24.3 Å². The molecule has 2 amide bonds. The highest BCUT2D eigenvalue weighted by molar-refractivity contribution is 7.99. The Balaban J connectivity index is 1.41. The minimum absolute atomic E-state index is 0.0447. The molecule has 4 aromatic rings. The van der Waals surface area contributed by atoms with Gasteiger partial charge in [0.15, 0.2) is 15.4 Å². The molecule has 0 spiro atoms. The van der Waals surface area contributed by atoms with Crippen molar-refractivity contribution >= 4 is 63.7 Å². The third kappa shape index (κ3) is 3.83. The lowest BCUT2D eigenvalue weighted by molar-refractivity contribution is -0.122. The Labute approximate surface area is 192 Å². The van der Waals surface area contributed by atoms with E-state index in [9.17, 15) is 9.59 Å². The molecule has 9 heteroatoms. The number of aromatic nitrogens is 2. The van der Waals surface area contributed by atoms with E-state index in [-0.39, 0.29) is 10.7 Å². The summed E-state index contributed by atoms with van der Waals surface area (Å²) in [6.45, 7) is 1.92. The van der Waals surface area contributed by atoms with Crippen LogP contribution in [0.4, 0.5) is 5.69 Å². The summed E-state index contributed by atoms with van der Waals surface area (Å²) in [5.41, 5.74) is 3.29. The monoisotopic (exact) mass is 460 g/mol. The van der Waals surface area contributed by atoms with E-state index in [4.69, 9.17) is 16.6 Å². The van der Waals surface area contributed by atoms with Crippen LogP contribution in [0.15, 0.2) is 80.9 Å². The molecule has 0 aliphatic carbocycles. The fourth-order valence-corrected chi connectivity index (χ4v) is 4.39. The number of nitrogens with one attached hydrogen (secondary N) is 2. The second kappa shape index (κ2) is 8.10. The van der Waals surface area contributed by atoms with Crippen LogP contribution >= 0.6 is 24.0 Å². The molecular weight excluding hydrogens is 444 g/mol. The number of aryl methyl sites for hydroxylation is 1. The van der Waals surface area contributed by atoms with Crippen molar-refractivity contribution in [3.63, 3.8) is 0 Å². The molecule has 0 atom stereocenters. The predicted octanol–water partition coefficient (Wildman–Crippen LogP) is 4.45. The Kier molecular flexibility index (Phi) is 5.12. The van der Waals surface area contributed by atoms with Gasteiger partial charge in [0.1, 0.15) is 11.3 Å². The van der Waals surface area contributed by atoms with E-state index >= 15 is 0 Å². The van der Waals surface area contributed by atoms with Gasteiger partial charge in [-0.2, -0.15) is 0 Å². The van der Waals surface area contributed by atoms with Crippen molar-refractivity contribution in [2.75, 3.05) is 4.90 Å². The number of benzene rings is 2. The van der Waals surface area contributed by atoms with Gasteiger partial charge in [0.25, 0.3) is 11.8 Å². The smallest absolute Gasteiger partial charge is 0.270 e. The molecule has 0 saturated carbocycles. The van der Waals surface area contributed by atoms with Crippen molar-refractivity contribution in [2.45, 2.75) is 17.2 Å². The molecule has 2 aromatic heterocycles. The molecule has 0 radical (unpaired) electrons. The molecule has 3 heterocycles. The van der Waals surface area contributed by atoms with E-state index in [1.807, 2.05) is 49.4 Å². The Morgan fingerprint density at radius 2 is 1.94 bits per heavy atom. The maximum atomic E-state index is 13.1. The average Bonchev–Trinajstić information content (AvgIpc) is 3.37. The summed E-state index contributed by atoms with van der Waals surface area (Å²) in [7, 11) is 0. The molecule has 158 valence electrons. The highest BCUT2D eigenvalue weighted by atomic mass is 32.2. The molecule has 1 saturated heterocycles. The standard InChI is InChI=1S/C23H16N4O3S2/c1-13-5-4-6-14(11-13)27-21(29)16(20(28)26-23(27)31)12-15-9-10-19(30-15)32-22-24-17-7-2-3-8-18(17)25-22/h2-12H,1H3,(H,24,25)(H,26,28,31)/b16-12+. The Hall–Kier alpha value is -3.69. The minimum atomic E-state index is -0.563. The average molecular weight is 461 g/mol. The van der Waals surface area contributed by atoms with Gasteiger partial charge in [-0.15, -0.1) is 0 Å². The normalized spacial score (nSPS) is 15.6. The van der Waals surface area contributed by atoms with Crippen molar-refractivity contribution < 1.29 is 14.0 Å². The highest BCUT2D eigenvalue weighted by Gasteiger charge is 2.34. The van der Waals surface area contributed by atoms with Crippen LogP contribution in [-0.4, -0.2) is 26.9 Å². The predicted molar refractivity (Wildman–Crippen MR) is 126 cm³/mol. The largest absolute Gasteiger partial charge is 0.450 e. The first kappa shape index (κ1) is 20.2. The Morgan fingerprint density at radius 1 is 1.09 bits per heavy atom. The number of H-pyrrole nitrogens is 1. The van der Waals surface area contributed by atoms with Crippen LogP contribution in [-0.2, 0) is 9.59 Å². The molecule has 1 aliphatic heterocycles. The molecule has 2 N–H and O–H groups in total. The quantitative estimate of drug-likeness (QED) is 0.266. The fourth-order valence-electron chi connectivity index (χ4n) is 3.34. The Morgan fingerprint density at radius 3 is 2.75 bits per heavy atom. The molecule has 7 nitrogen and oxygen atoms in total. The number of carbonyl (C=O) groups excluding carboxylic acids is 2. The van der Waals surface area contributed by atoms with E-state index in [1.54, 1.807) is 18.2 Å². The first-order valence-corrected chi connectivity index (χ1v) is 10.9. The molecular formula is C23H16N4O3S2. The zero-order chi connectivity index (χ0) is 22.2. The second-order valence-corrected chi connectivity index (χ2v) is 8.49. The number of carbonyl (C=O) groups is 2. The van der Waals surface area contributed by atoms with Crippen LogP contribution in [0.3, 0.4) is 0 Å². The third-order valence-corrected chi connectivity index (χ3v) is 5.91. The SMILES string of the molecule is Cc1cccc(N2C(=O)/C(=C/c3ccc(Sc4nc5ccccc5[nH]4)o3)C(=O)NC2=S)c1. The maximum Gasteiger partial charge on any atom is 0.270 e. The summed E-state index contributed by atoms with van der Waals surface area (Å²) in [5, 5.41) is 3.88. The van der Waals surface area contributed by atoms with Crippen molar-refractivity contribution in [3.8, 4) is 0 Å². The summed E-state index contributed by atoms with van der Waals surface area (Å²) in [6, 6.07) is 18.5. The minimum Gasteiger partial charge on any atom is -0.450 e. The van der Waals surface area contributed by atoms with Crippen LogP contribution in [0, 0.1) is 6.92 Å². The lowest BCUT2D eigenvalue weighted by atomic mass is 10.1. The maximum absolute atomic E-state index is 13.1. The number of amides is 2. The van der Waals surface area contributed by atoms with Crippen molar-refractivity contribution in [2.24, 2.45) is 0 Å². The number of furan rings is 1. The van der Waals surface area contributed by atoms with Crippen molar-refractivity contribution in [3.05, 3.63) is 77.6 Å². The number of imidazole rings is 1. The van der Waals surface area contributed by atoms with E-state index in [2.05, 4.69) is 15.3 Å². The van der Waals surface area contributed by atoms with Gasteiger partial charge in [-0.25, -0.2) is 4.98 Å². The number of anilines is 1. The summed E-state index contributed by atoms with van der Waals surface area (Å²) < 4.78 is 5.81. The van der Waals surface area contributed by atoms with E-state index in [0.717, 1.165) is 16.6 Å². The molecule has 0 unspecified atom stereocenters. The molecule has 1 fully saturated rings. The van der Waals surface area contributed by atoms with Gasteiger partial charge >= 0.3 is 0 Å². The first-order valence-electron chi connectivity index (χ1n) is 9.68. The van der Waals surface area contributed by atoms with E-state index in [0.29, 0.717) is 21.7 Å². The van der Waals surface area contributed by atoms with Crippen LogP contribution < -0.4 is 10.2 Å². The van der Waals surface area contributed by atoms with Crippen molar-refractivity contribution in [1.82, 2.24) is 15.3 Å². The zero-order valence-electron chi connectivity index (χ0n) is 16.8. The lowest BCUT2D eigenvalue weighted by Crippen LogP contribution is -2.54. The van der Waals surface area contributed by atoms with Crippen LogP contribution in [0.2, 0.25) is 0 Å². The number of fused-ring (bicyclic) bond motifs is 1. The summed E-state index contributed by atoms with van der Waals surface area (Å²) in [6.07, 6.45) is 1.42. The van der Waals surface area contributed by atoms with Gasteiger partial charge in [0, 0.05) is 0 Å². The molecule has 5 rings (SSSR count). The van der Waals surface area contributed by atoms with Gasteiger partial charge < -0.3 is 9.40 Å². The molecule has 1 aliphatic rings. The molecule has 0 bridgehead atoms. The number of rotatable bonds is 4. The van der Waals surface area contributed by atoms with E-state index in [1.165, 1.54) is 22.7 Å². The number of nitrogens with zero attached hydrogens (tertiary/aromatic N) is 2. The van der Waals surface area contributed by atoms with Gasteiger partial charge in [0.05, 0.1) is 16.7 Å². The molecule has 2 aromatic carbocycles. The fraction of sp³-hybridized carbons (Fsp3) is 0.0435. The summed E-state index contributed by atoms with van der Waals surface area (Å²) >= 11 is 6.56. The number of hydrogen-bond donors (Lipinski definition) is 2. The lowest BCUT2D eigenvalue weighted by Gasteiger charge is -2.28. The van der Waals surface area contributed by atoms with Gasteiger partial charge in [-0.3, -0.25) is 19.8 Å². The third-order valence-electron chi connectivity index (χ3n) is 4.82. The Bertz CT molecular complexity index is 1390. The van der Waals surface area contributed by atoms with Crippen molar-refractivity contribution in [1.29, 1.82) is 0 Å². The zero-order valence-corrected chi connectivity index (χ0v) is 18.4. The molecule has 32 heavy (non-hydrogen) atoms. The van der Waals surface area contributed by atoms with E-state index < -0.39 is 11.8 Å². The number of thiocarbonyl (C=S) groups is 1. The van der Waals surface area contributed by atoms with Crippen LogP contribution in [0.5, 0.6) is 0 Å². The number of para-hydroxylation sites is 2. The number of hydrogen-bond acceptors (Lipinski definition) is 6. The number of aromatic amines is 1.